The predicted molar refractivity (Wildman–Crippen MR) is 104 cm³/mol. The molecule has 5 nitrogen and oxygen atoms in total. The normalized spacial score (nSPS) is 10.7. The summed E-state index contributed by atoms with van der Waals surface area (Å²) in [5.41, 5.74) is 6.48. The first kappa shape index (κ1) is 19.0. The lowest BCUT2D eigenvalue weighted by Gasteiger charge is -2.07. The van der Waals surface area contributed by atoms with Gasteiger partial charge in [-0.25, -0.2) is 9.37 Å². The Morgan fingerprint density at radius 3 is 2.48 bits per heavy atom. The number of nitrogens with one attached hydrogen (secondary N) is 2. The highest BCUT2D eigenvalue weighted by Gasteiger charge is 2.07. The highest BCUT2D eigenvalue weighted by molar-refractivity contribution is 7.18. The molecule has 2 amide bonds. The Kier molecular flexibility index (Phi) is 6.49. The quantitative estimate of drug-likeness (QED) is 0.483. The Morgan fingerprint density at radius 1 is 0.963 bits per heavy atom. The summed E-state index contributed by atoms with van der Waals surface area (Å²) in [4.78, 5) is 28.2. The van der Waals surface area contributed by atoms with Crippen molar-refractivity contribution in [1.82, 2.24) is 15.8 Å². The van der Waals surface area contributed by atoms with Gasteiger partial charge < -0.3 is 0 Å². The summed E-state index contributed by atoms with van der Waals surface area (Å²) in [7, 11) is 0. The molecular formula is C20H20FN3O2S. The number of hydrazine groups is 1. The number of thiazole rings is 1. The van der Waals surface area contributed by atoms with Crippen molar-refractivity contribution in [3.8, 4) is 0 Å². The Balaban J connectivity index is 1.32. The van der Waals surface area contributed by atoms with Crippen LogP contribution in [0.5, 0.6) is 0 Å². The number of rotatable bonds is 7. The van der Waals surface area contributed by atoms with Gasteiger partial charge in [-0.3, -0.25) is 20.4 Å². The molecule has 0 saturated heterocycles. The highest BCUT2D eigenvalue weighted by Crippen LogP contribution is 2.22. The number of hydrogen-bond donors (Lipinski definition) is 2. The molecule has 0 radical (unpaired) electrons. The summed E-state index contributed by atoms with van der Waals surface area (Å²) in [6.07, 6.45) is 2.83. The first-order valence-corrected chi connectivity index (χ1v) is 9.58. The molecule has 0 unspecified atom stereocenters. The zero-order valence-corrected chi connectivity index (χ0v) is 15.5. The number of aryl methyl sites for hydroxylation is 1. The van der Waals surface area contributed by atoms with Gasteiger partial charge in [0.15, 0.2) is 0 Å². The van der Waals surface area contributed by atoms with E-state index in [1.165, 1.54) is 16.8 Å². The minimum absolute atomic E-state index is 0.0815. The van der Waals surface area contributed by atoms with E-state index in [4.69, 9.17) is 0 Å². The van der Waals surface area contributed by atoms with Gasteiger partial charge in [0.2, 0.25) is 11.8 Å². The summed E-state index contributed by atoms with van der Waals surface area (Å²) in [6, 6.07) is 13.7. The smallest absolute Gasteiger partial charge is 0.242 e. The molecule has 0 aliphatic rings. The standard InChI is InChI=1S/C20H20FN3O2S/c21-15-11-9-14(10-12-15)13-19(26)24-23-18(25)7-3-4-8-20-22-16-5-1-2-6-17(16)27-20/h1-2,5-6,9-12H,3-4,7-8,13H2,(H,23,25)(H,24,26). The number of nitrogens with zero attached hydrogens (tertiary/aromatic N) is 1. The third kappa shape index (κ3) is 5.86. The van der Waals surface area contributed by atoms with Crippen molar-refractivity contribution in [2.75, 3.05) is 0 Å². The van der Waals surface area contributed by atoms with E-state index < -0.39 is 0 Å². The molecule has 7 heteroatoms. The third-order valence-corrected chi connectivity index (χ3v) is 5.10. The molecule has 0 aliphatic heterocycles. The van der Waals surface area contributed by atoms with Gasteiger partial charge in [-0.1, -0.05) is 24.3 Å². The van der Waals surface area contributed by atoms with Gasteiger partial charge in [0.05, 0.1) is 21.6 Å². The molecule has 0 aliphatic carbocycles. The Hall–Kier alpha value is -2.80. The largest absolute Gasteiger partial charge is 0.273 e. The van der Waals surface area contributed by atoms with Crippen LogP contribution in [0.4, 0.5) is 4.39 Å². The maximum atomic E-state index is 12.8. The van der Waals surface area contributed by atoms with Crippen LogP contribution in [0.1, 0.15) is 29.8 Å². The molecule has 2 aromatic carbocycles. The molecule has 0 spiro atoms. The van der Waals surface area contributed by atoms with Crippen LogP contribution < -0.4 is 10.9 Å². The molecular weight excluding hydrogens is 365 g/mol. The lowest BCUT2D eigenvalue weighted by molar-refractivity contribution is -0.128. The minimum Gasteiger partial charge on any atom is -0.273 e. The molecule has 0 bridgehead atoms. The number of benzene rings is 2. The molecule has 3 rings (SSSR count). The fraction of sp³-hybridized carbons (Fsp3) is 0.250. The topological polar surface area (TPSA) is 71.1 Å². The summed E-state index contributed by atoms with van der Waals surface area (Å²) in [5.74, 6) is -0.922. The van der Waals surface area contributed by atoms with Crippen LogP contribution in [0, 0.1) is 5.82 Å². The Bertz CT molecular complexity index is 891. The van der Waals surface area contributed by atoms with Gasteiger partial charge in [0.1, 0.15) is 5.82 Å². The van der Waals surface area contributed by atoms with Crippen LogP contribution in [0.2, 0.25) is 0 Å². The second-order valence-corrected chi connectivity index (χ2v) is 7.30. The number of unbranched alkanes of at least 4 members (excludes halogenated alkanes) is 1. The molecule has 1 aromatic heterocycles. The Morgan fingerprint density at radius 2 is 1.70 bits per heavy atom. The average Bonchev–Trinajstić information content (AvgIpc) is 3.08. The molecule has 0 saturated carbocycles. The van der Waals surface area contributed by atoms with Crippen LogP contribution in [0.3, 0.4) is 0 Å². The number of hydrogen-bond acceptors (Lipinski definition) is 4. The zero-order chi connectivity index (χ0) is 19.1. The molecule has 1 heterocycles. The van der Waals surface area contributed by atoms with Crippen LogP contribution in [-0.2, 0) is 22.4 Å². The van der Waals surface area contributed by atoms with Crippen molar-refractivity contribution in [1.29, 1.82) is 0 Å². The van der Waals surface area contributed by atoms with E-state index in [2.05, 4.69) is 21.9 Å². The molecule has 27 heavy (non-hydrogen) atoms. The number of aromatic nitrogens is 1. The van der Waals surface area contributed by atoms with Crippen molar-refractivity contribution in [3.05, 3.63) is 64.9 Å². The van der Waals surface area contributed by atoms with E-state index in [0.29, 0.717) is 12.0 Å². The van der Waals surface area contributed by atoms with Crippen LogP contribution in [-0.4, -0.2) is 16.8 Å². The fourth-order valence-corrected chi connectivity index (χ4v) is 3.63. The van der Waals surface area contributed by atoms with Crippen molar-refractivity contribution < 1.29 is 14.0 Å². The molecule has 0 atom stereocenters. The molecule has 2 N–H and O–H groups in total. The lowest BCUT2D eigenvalue weighted by Crippen LogP contribution is -2.42. The van der Waals surface area contributed by atoms with Crippen LogP contribution >= 0.6 is 11.3 Å². The zero-order valence-electron chi connectivity index (χ0n) is 14.7. The van der Waals surface area contributed by atoms with Gasteiger partial charge in [-0.15, -0.1) is 11.3 Å². The monoisotopic (exact) mass is 385 g/mol. The summed E-state index contributed by atoms with van der Waals surface area (Å²) in [6.45, 7) is 0. The molecule has 0 fully saturated rings. The number of carbonyl (C=O) groups excluding carboxylic acids is 2. The number of amides is 2. The van der Waals surface area contributed by atoms with Crippen LogP contribution in [0.25, 0.3) is 10.2 Å². The van der Waals surface area contributed by atoms with Gasteiger partial charge in [0, 0.05) is 6.42 Å². The maximum Gasteiger partial charge on any atom is 0.242 e. The number of para-hydroxylation sites is 1. The predicted octanol–water partition coefficient (Wildman–Crippen LogP) is 3.54. The van der Waals surface area contributed by atoms with Gasteiger partial charge in [-0.2, -0.15) is 0 Å². The second kappa shape index (κ2) is 9.23. The number of halogens is 1. The van der Waals surface area contributed by atoms with Crippen molar-refractivity contribution in [2.24, 2.45) is 0 Å². The summed E-state index contributed by atoms with van der Waals surface area (Å²) >= 11 is 1.68. The SMILES string of the molecule is O=C(CCCCc1nc2ccccc2s1)NNC(=O)Cc1ccc(F)cc1. The average molecular weight is 385 g/mol. The van der Waals surface area contributed by atoms with Crippen molar-refractivity contribution >= 4 is 33.4 Å². The highest BCUT2D eigenvalue weighted by atomic mass is 32.1. The summed E-state index contributed by atoms with van der Waals surface area (Å²) < 4.78 is 14.0. The van der Waals surface area contributed by atoms with E-state index in [1.807, 2.05) is 18.2 Å². The van der Waals surface area contributed by atoms with E-state index >= 15 is 0 Å². The van der Waals surface area contributed by atoms with Gasteiger partial charge in [0.25, 0.3) is 0 Å². The lowest BCUT2D eigenvalue weighted by atomic mass is 10.1. The maximum absolute atomic E-state index is 12.8. The molecule has 3 aromatic rings. The van der Waals surface area contributed by atoms with Gasteiger partial charge >= 0.3 is 0 Å². The number of fused-ring (bicyclic) bond motifs is 1. The first-order chi connectivity index (χ1) is 13.1. The van der Waals surface area contributed by atoms with E-state index in [1.54, 1.807) is 23.5 Å². The van der Waals surface area contributed by atoms with Gasteiger partial charge in [-0.05, 0) is 49.1 Å². The van der Waals surface area contributed by atoms with Crippen molar-refractivity contribution in [2.45, 2.75) is 32.1 Å². The second-order valence-electron chi connectivity index (χ2n) is 6.18. The molecule has 140 valence electrons. The minimum atomic E-state index is -0.349. The van der Waals surface area contributed by atoms with E-state index in [0.717, 1.165) is 29.8 Å². The van der Waals surface area contributed by atoms with Crippen molar-refractivity contribution in [3.63, 3.8) is 0 Å². The third-order valence-electron chi connectivity index (χ3n) is 4.00. The summed E-state index contributed by atoms with van der Waals surface area (Å²) in [5, 5.41) is 1.07. The van der Waals surface area contributed by atoms with E-state index in [-0.39, 0.29) is 24.1 Å². The first-order valence-electron chi connectivity index (χ1n) is 8.77. The Labute approximate surface area is 160 Å². The number of carbonyl (C=O) groups is 2. The fourth-order valence-electron chi connectivity index (χ4n) is 2.62. The van der Waals surface area contributed by atoms with Crippen LogP contribution in [0.15, 0.2) is 48.5 Å². The van der Waals surface area contributed by atoms with E-state index in [9.17, 15) is 14.0 Å².